The number of aromatic nitrogens is 1. The van der Waals surface area contributed by atoms with Gasteiger partial charge in [-0.3, -0.25) is 10.0 Å². The van der Waals surface area contributed by atoms with Crippen molar-refractivity contribution in [3.05, 3.63) is 77.2 Å². The molecular formula is C20H20FN3O2. The van der Waals surface area contributed by atoms with Crippen LogP contribution in [0.2, 0.25) is 0 Å². The smallest absolute Gasteiger partial charge is 0.267 e. The predicted octanol–water partition coefficient (Wildman–Crippen LogP) is 3.16. The number of H-pyrrole nitrogens is 1. The van der Waals surface area contributed by atoms with Gasteiger partial charge >= 0.3 is 0 Å². The van der Waals surface area contributed by atoms with Crippen LogP contribution in [0.5, 0.6) is 0 Å². The lowest BCUT2D eigenvalue weighted by molar-refractivity contribution is -0.124. The third-order valence-electron chi connectivity index (χ3n) is 4.19. The fourth-order valence-electron chi connectivity index (χ4n) is 2.83. The molecule has 0 unspecified atom stereocenters. The van der Waals surface area contributed by atoms with Gasteiger partial charge in [-0.2, -0.15) is 0 Å². The summed E-state index contributed by atoms with van der Waals surface area (Å²) in [4.78, 5) is 14.1. The largest absolute Gasteiger partial charge is 0.361 e. The molecule has 0 aliphatic rings. The summed E-state index contributed by atoms with van der Waals surface area (Å²) in [5.41, 5.74) is 4.97. The third kappa shape index (κ3) is 4.36. The highest BCUT2D eigenvalue weighted by Gasteiger charge is 2.04. The minimum Gasteiger partial charge on any atom is -0.361 e. The molecule has 26 heavy (non-hydrogen) atoms. The van der Waals surface area contributed by atoms with Crippen LogP contribution in [0.3, 0.4) is 0 Å². The minimum atomic E-state index is -0.659. The molecule has 1 heterocycles. The van der Waals surface area contributed by atoms with Gasteiger partial charge in [0.05, 0.1) is 0 Å². The van der Waals surface area contributed by atoms with E-state index in [2.05, 4.69) is 22.4 Å². The zero-order valence-corrected chi connectivity index (χ0v) is 14.1. The summed E-state index contributed by atoms with van der Waals surface area (Å²) in [6.45, 7) is 1.16. The molecule has 1 aromatic heterocycles. The molecule has 134 valence electrons. The van der Waals surface area contributed by atoms with Crippen molar-refractivity contribution < 1.29 is 14.4 Å². The van der Waals surface area contributed by atoms with Gasteiger partial charge in [-0.15, -0.1) is 0 Å². The molecule has 0 atom stereocenters. The average Bonchev–Trinajstić information content (AvgIpc) is 3.14. The highest BCUT2D eigenvalue weighted by atomic mass is 19.1. The Labute approximate surface area is 150 Å². The second-order valence-electron chi connectivity index (χ2n) is 5.94. The summed E-state index contributed by atoms with van der Waals surface area (Å²) in [6, 6.07) is 13.0. The van der Waals surface area contributed by atoms with Crippen molar-refractivity contribution in [3.8, 4) is 0 Å². The lowest BCUT2D eigenvalue weighted by atomic mass is 10.1. The zero-order valence-electron chi connectivity index (χ0n) is 14.1. The molecule has 4 N–H and O–H groups in total. The van der Waals surface area contributed by atoms with Crippen molar-refractivity contribution in [2.24, 2.45) is 0 Å². The van der Waals surface area contributed by atoms with Crippen LogP contribution in [0, 0.1) is 5.82 Å². The van der Waals surface area contributed by atoms with Crippen molar-refractivity contribution in [2.45, 2.75) is 13.0 Å². The summed E-state index contributed by atoms with van der Waals surface area (Å²) in [7, 11) is 0. The second-order valence-corrected chi connectivity index (χ2v) is 5.94. The monoisotopic (exact) mass is 353 g/mol. The van der Waals surface area contributed by atoms with Crippen LogP contribution in [0.15, 0.2) is 54.7 Å². The number of hydrogen-bond donors (Lipinski definition) is 4. The maximum Gasteiger partial charge on any atom is 0.267 e. The first kappa shape index (κ1) is 17.8. The number of rotatable bonds is 7. The van der Waals surface area contributed by atoms with E-state index in [4.69, 9.17) is 5.21 Å². The minimum absolute atomic E-state index is 0.336. The predicted molar refractivity (Wildman–Crippen MR) is 99.1 cm³/mol. The van der Waals surface area contributed by atoms with Crippen molar-refractivity contribution >= 4 is 22.9 Å². The van der Waals surface area contributed by atoms with E-state index in [-0.39, 0.29) is 5.82 Å². The highest BCUT2D eigenvalue weighted by molar-refractivity contribution is 5.90. The summed E-state index contributed by atoms with van der Waals surface area (Å²) >= 11 is 0. The Bertz CT molecular complexity index is 934. The Hall–Kier alpha value is -2.96. The Morgan fingerprint density at radius 2 is 2.08 bits per heavy atom. The van der Waals surface area contributed by atoms with Crippen LogP contribution < -0.4 is 10.8 Å². The average molecular weight is 353 g/mol. The molecule has 3 rings (SSSR count). The first-order valence-corrected chi connectivity index (χ1v) is 8.33. The van der Waals surface area contributed by atoms with Gasteiger partial charge in [0.2, 0.25) is 0 Å². The molecule has 2 aromatic carbocycles. The Balaban J connectivity index is 1.54. The number of carbonyl (C=O) groups is 1. The zero-order chi connectivity index (χ0) is 18.4. The number of halogens is 1. The normalized spacial score (nSPS) is 11.3. The molecule has 0 radical (unpaired) electrons. The second kappa shape index (κ2) is 8.42. The SMILES string of the molecule is O=C(/C=C/c1ccc(CNCCc2cccc3[nH]ccc23)c(F)c1)NO. The Morgan fingerprint density at radius 1 is 1.19 bits per heavy atom. The number of nitrogens with one attached hydrogen (secondary N) is 3. The van der Waals surface area contributed by atoms with Crippen molar-refractivity contribution in [1.82, 2.24) is 15.8 Å². The number of hydroxylamine groups is 1. The van der Waals surface area contributed by atoms with Crippen molar-refractivity contribution in [1.29, 1.82) is 0 Å². The van der Waals surface area contributed by atoms with Crippen LogP contribution in [0.1, 0.15) is 16.7 Å². The first-order valence-electron chi connectivity index (χ1n) is 8.33. The van der Waals surface area contributed by atoms with Crippen molar-refractivity contribution in [2.75, 3.05) is 6.54 Å². The van der Waals surface area contributed by atoms with Crippen molar-refractivity contribution in [3.63, 3.8) is 0 Å². The molecule has 0 aliphatic carbocycles. The molecule has 1 amide bonds. The van der Waals surface area contributed by atoms with E-state index >= 15 is 0 Å². The van der Waals surface area contributed by atoms with Gasteiger partial charge in [-0.05, 0) is 48.4 Å². The fraction of sp³-hybridized carbons (Fsp3) is 0.150. The molecule has 0 spiro atoms. The standard InChI is InChI=1S/C20H20FN3O2/c21-18-12-14(5-7-20(25)24-26)4-6-16(18)13-22-10-8-15-2-1-3-19-17(15)9-11-23-19/h1-7,9,11-12,22-23,26H,8,10,13H2,(H,24,25)/b7-5+. The number of amides is 1. The van der Waals surface area contributed by atoms with Gasteiger partial charge in [0.1, 0.15) is 5.82 Å². The van der Waals surface area contributed by atoms with Gasteiger partial charge in [0.25, 0.3) is 5.91 Å². The molecule has 6 heteroatoms. The molecule has 0 saturated carbocycles. The Morgan fingerprint density at radius 3 is 2.88 bits per heavy atom. The van der Waals surface area contributed by atoms with E-state index in [1.807, 2.05) is 18.3 Å². The maximum atomic E-state index is 14.1. The first-order chi connectivity index (χ1) is 12.7. The van der Waals surface area contributed by atoms with E-state index in [1.54, 1.807) is 12.1 Å². The molecule has 5 nitrogen and oxygen atoms in total. The van der Waals surface area contributed by atoms with E-state index < -0.39 is 5.91 Å². The van der Waals surface area contributed by atoms with Crippen LogP contribution >= 0.6 is 0 Å². The molecule has 0 saturated heterocycles. The Kier molecular flexibility index (Phi) is 5.78. The fourth-order valence-corrected chi connectivity index (χ4v) is 2.83. The van der Waals surface area contributed by atoms with E-state index in [0.29, 0.717) is 17.7 Å². The van der Waals surface area contributed by atoms with Gasteiger partial charge in [0.15, 0.2) is 0 Å². The highest BCUT2D eigenvalue weighted by Crippen LogP contribution is 2.17. The molecular weight excluding hydrogens is 333 g/mol. The molecule has 0 aliphatic heterocycles. The summed E-state index contributed by atoms with van der Waals surface area (Å²) in [5.74, 6) is -0.995. The summed E-state index contributed by atoms with van der Waals surface area (Å²) in [5, 5.41) is 12.9. The van der Waals surface area contributed by atoms with Gasteiger partial charge in [-0.25, -0.2) is 9.87 Å². The van der Waals surface area contributed by atoms with E-state index in [0.717, 1.165) is 24.6 Å². The van der Waals surface area contributed by atoms with Crippen LogP contribution in [0.25, 0.3) is 17.0 Å². The summed E-state index contributed by atoms with van der Waals surface area (Å²) < 4.78 is 14.1. The molecule has 0 fully saturated rings. The summed E-state index contributed by atoms with van der Waals surface area (Å²) in [6.07, 6.45) is 5.35. The number of benzene rings is 2. The van der Waals surface area contributed by atoms with Gasteiger partial charge in [-0.1, -0.05) is 24.3 Å². The third-order valence-corrected chi connectivity index (χ3v) is 4.19. The van der Waals surface area contributed by atoms with Gasteiger partial charge < -0.3 is 10.3 Å². The quantitative estimate of drug-likeness (QED) is 0.228. The number of fused-ring (bicyclic) bond motifs is 1. The lowest BCUT2D eigenvalue weighted by Crippen LogP contribution is -2.17. The molecule has 0 bridgehead atoms. The van der Waals surface area contributed by atoms with Crippen LogP contribution in [0.4, 0.5) is 4.39 Å². The number of aromatic amines is 1. The topological polar surface area (TPSA) is 77.2 Å². The van der Waals surface area contributed by atoms with Crippen LogP contribution in [-0.4, -0.2) is 22.6 Å². The van der Waals surface area contributed by atoms with Crippen LogP contribution in [-0.2, 0) is 17.8 Å². The van der Waals surface area contributed by atoms with Gasteiger partial charge in [0, 0.05) is 35.3 Å². The maximum absolute atomic E-state index is 14.1. The lowest BCUT2D eigenvalue weighted by Gasteiger charge is -2.08. The van der Waals surface area contributed by atoms with E-state index in [1.165, 1.54) is 28.6 Å². The number of hydrogen-bond acceptors (Lipinski definition) is 3. The van der Waals surface area contributed by atoms with E-state index in [9.17, 15) is 9.18 Å². The number of carbonyl (C=O) groups excluding carboxylic acids is 1. The molecule has 3 aromatic rings.